The van der Waals surface area contributed by atoms with Crippen LogP contribution < -0.4 is 0 Å². The van der Waals surface area contributed by atoms with Crippen molar-refractivity contribution in [2.45, 2.75) is 0 Å². The van der Waals surface area contributed by atoms with Crippen LogP contribution in [0.4, 0.5) is 0 Å². The summed E-state index contributed by atoms with van der Waals surface area (Å²) in [4.78, 5) is 0. The van der Waals surface area contributed by atoms with Crippen LogP contribution in [0.1, 0.15) is 0 Å². The lowest BCUT2D eigenvalue weighted by Gasteiger charge is -1.57. The van der Waals surface area contributed by atoms with Gasteiger partial charge in [0.15, 0.2) is 0 Å². The zero-order valence-corrected chi connectivity index (χ0v) is 3.85. The number of hydrogen-bond acceptors (Lipinski definition) is 2. The summed E-state index contributed by atoms with van der Waals surface area (Å²) in [7, 11) is 1.31. The van der Waals surface area contributed by atoms with E-state index in [4.69, 9.17) is 0 Å². The molecular weight excluding hydrogens is 88.2 g/mol. The molecule has 0 fully saturated rings. The van der Waals surface area contributed by atoms with Gasteiger partial charge in [0.05, 0.1) is 0 Å². The fourth-order valence-corrected chi connectivity index (χ4v) is 0. The predicted molar refractivity (Wildman–Crippen MR) is 26.8 cm³/mol. The Morgan fingerprint density at radius 2 is 2.25 bits per heavy atom. The number of thiol groups is 1. The fraction of sp³-hybridized carbons (Fsp3) is 0. The summed E-state index contributed by atoms with van der Waals surface area (Å²) < 4.78 is 0. The number of rotatable bonds is 1. The molecule has 24 valence electrons. The highest BCUT2D eigenvalue weighted by Crippen LogP contribution is 2.01. The third kappa shape index (κ3) is 2.44. The molecule has 2 heteroatoms. The van der Waals surface area contributed by atoms with E-state index in [2.05, 4.69) is 18.2 Å². The van der Waals surface area contributed by atoms with Crippen molar-refractivity contribution in [2.75, 3.05) is 0 Å². The minimum absolute atomic E-state index is 1.31. The van der Waals surface area contributed by atoms with E-state index < -0.39 is 0 Å². The summed E-state index contributed by atoms with van der Waals surface area (Å²) in [5.41, 5.74) is 0. The van der Waals surface area contributed by atoms with Gasteiger partial charge in [0.25, 0.3) is 0 Å². The quantitative estimate of drug-likeness (QED) is 0.379. The largest absolute Gasteiger partial charge is 0.107 e. The van der Waals surface area contributed by atoms with Crippen LogP contribution >= 0.6 is 22.5 Å². The molecule has 0 spiro atoms. The van der Waals surface area contributed by atoms with Gasteiger partial charge in [-0.2, -0.15) is 0 Å². The van der Waals surface area contributed by atoms with Crippen molar-refractivity contribution in [1.82, 2.24) is 0 Å². The van der Waals surface area contributed by atoms with Crippen molar-refractivity contribution in [3.63, 3.8) is 0 Å². The maximum absolute atomic E-state index is 3.72. The van der Waals surface area contributed by atoms with Crippen molar-refractivity contribution in [2.24, 2.45) is 0 Å². The Morgan fingerprint density at radius 1 is 2.00 bits per heavy atom. The highest BCUT2D eigenvalue weighted by Gasteiger charge is 1.45. The first kappa shape index (κ1) is 4.44. The van der Waals surface area contributed by atoms with Gasteiger partial charge in [-0.3, -0.25) is 0 Å². The van der Waals surface area contributed by atoms with Crippen LogP contribution in [0.2, 0.25) is 0 Å². The van der Waals surface area contributed by atoms with Crippen molar-refractivity contribution >= 4 is 22.5 Å². The molecule has 0 aromatic carbocycles. The van der Waals surface area contributed by atoms with E-state index >= 15 is 0 Å². The summed E-state index contributed by atoms with van der Waals surface area (Å²) in [5.74, 6) is 0. The van der Waals surface area contributed by atoms with Crippen LogP contribution in [0.15, 0.2) is 12.0 Å². The molecule has 0 amide bonds. The van der Waals surface area contributed by atoms with Gasteiger partial charge in [0, 0.05) is 0 Å². The Hall–Kier alpha value is 0.440. The third-order valence-electron chi connectivity index (χ3n) is 0.0745. The molecule has 4 heavy (non-hydrogen) atoms. The molecule has 0 unspecified atom stereocenters. The Labute approximate surface area is 35.1 Å². The molecule has 0 atom stereocenters. The molecule has 0 N–H and O–H groups in total. The first-order chi connectivity index (χ1) is 1.91. The maximum atomic E-state index is 3.72. The van der Waals surface area contributed by atoms with Crippen molar-refractivity contribution in [1.29, 1.82) is 0 Å². The summed E-state index contributed by atoms with van der Waals surface area (Å²) in [5, 5.41) is 1.66. The molecule has 0 heterocycles. The summed E-state index contributed by atoms with van der Waals surface area (Å²) >= 11 is 3.72. The minimum Gasteiger partial charge on any atom is -0.107 e. The van der Waals surface area contributed by atoms with E-state index in [1.807, 2.05) is 0 Å². The fourth-order valence-electron chi connectivity index (χ4n) is 0. The smallest absolute Gasteiger partial charge is 0.0256 e. The highest BCUT2D eigenvalue weighted by molar-refractivity contribution is 8.69. The second-order valence-electron chi connectivity index (χ2n) is 0.272. The van der Waals surface area contributed by atoms with Gasteiger partial charge in [0.1, 0.15) is 0 Å². The monoisotopic (exact) mass is 92.0 g/mol. The molecule has 0 aromatic heterocycles. The Morgan fingerprint density at radius 3 is 2.25 bits per heavy atom. The van der Waals surface area contributed by atoms with Crippen LogP contribution in [0.3, 0.4) is 0 Å². The highest BCUT2D eigenvalue weighted by atomic mass is 33.1. The topological polar surface area (TPSA) is 0 Å². The van der Waals surface area contributed by atoms with Crippen LogP contribution in [0.5, 0.6) is 0 Å². The molecule has 0 radical (unpaired) electrons. The van der Waals surface area contributed by atoms with Crippen LogP contribution in [0.25, 0.3) is 0 Å². The molecule has 0 rings (SSSR count). The lowest BCUT2D eigenvalue weighted by atomic mass is 11.3. The second-order valence-corrected chi connectivity index (χ2v) is 1.45. The Kier molecular flexibility index (Phi) is 3.82. The molecular formula is C2H4S2. The van der Waals surface area contributed by atoms with Crippen molar-refractivity contribution in [3.05, 3.63) is 12.0 Å². The molecule has 0 saturated heterocycles. The van der Waals surface area contributed by atoms with Crippen LogP contribution in [0, 0.1) is 0 Å². The lowest BCUT2D eigenvalue weighted by molar-refractivity contribution is 2.69. The zero-order chi connectivity index (χ0) is 3.41. The van der Waals surface area contributed by atoms with E-state index in [-0.39, 0.29) is 0 Å². The van der Waals surface area contributed by atoms with Gasteiger partial charge < -0.3 is 0 Å². The van der Waals surface area contributed by atoms with E-state index in [0.29, 0.717) is 0 Å². The van der Waals surface area contributed by atoms with Gasteiger partial charge in [-0.15, -0.1) is 11.7 Å². The predicted octanol–water partition coefficient (Wildman–Crippen LogP) is 1.71. The van der Waals surface area contributed by atoms with E-state index in [0.717, 1.165) is 0 Å². The first-order valence-electron chi connectivity index (χ1n) is 0.827. The first-order valence-corrected chi connectivity index (χ1v) is 2.76. The van der Waals surface area contributed by atoms with Gasteiger partial charge >= 0.3 is 0 Å². The maximum Gasteiger partial charge on any atom is -0.0256 e. The zero-order valence-electron chi connectivity index (χ0n) is 2.14. The summed E-state index contributed by atoms with van der Waals surface area (Å²) in [6, 6.07) is 0. The summed E-state index contributed by atoms with van der Waals surface area (Å²) in [6.45, 7) is 3.37. The van der Waals surface area contributed by atoms with Gasteiger partial charge in [0.2, 0.25) is 0 Å². The molecule has 0 aliphatic carbocycles. The Balaban J connectivity index is 2.30. The van der Waals surface area contributed by atoms with E-state index in [9.17, 15) is 0 Å². The standard InChI is InChI=1S/C2H4S2/c1-2-4-3/h2-3H,1H2. The average molecular weight is 92.2 g/mol. The molecule has 0 aliphatic rings. The minimum atomic E-state index is 1.31. The molecule has 0 saturated carbocycles. The van der Waals surface area contributed by atoms with Gasteiger partial charge in [-0.25, -0.2) is 0 Å². The van der Waals surface area contributed by atoms with Crippen molar-refractivity contribution in [3.8, 4) is 0 Å². The Bertz CT molecular complexity index is 18.0. The van der Waals surface area contributed by atoms with Crippen molar-refractivity contribution < 1.29 is 0 Å². The normalized spacial score (nSPS) is 6.25. The third-order valence-corrected chi connectivity index (χ3v) is 0.671. The van der Waals surface area contributed by atoms with Crippen LogP contribution in [-0.4, -0.2) is 0 Å². The molecule has 0 bridgehead atoms. The molecule has 0 aliphatic heterocycles. The lowest BCUT2D eigenvalue weighted by Crippen LogP contribution is -1.10. The average Bonchev–Trinajstić information content (AvgIpc) is 1.37. The molecule has 0 nitrogen and oxygen atoms in total. The second kappa shape index (κ2) is 3.44. The van der Waals surface area contributed by atoms with E-state index in [1.54, 1.807) is 5.41 Å². The SMILES string of the molecule is C=CSS. The molecule has 0 aromatic rings. The van der Waals surface area contributed by atoms with E-state index in [1.165, 1.54) is 10.8 Å². The van der Waals surface area contributed by atoms with Gasteiger partial charge in [-0.1, -0.05) is 17.4 Å². The summed E-state index contributed by atoms with van der Waals surface area (Å²) in [6.07, 6.45) is 0. The van der Waals surface area contributed by atoms with Gasteiger partial charge in [-0.05, 0) is 5.41 Å². The number of hydrogen-bond donors (Lipinski definition) is 1. The van der Waals surface area contributed by atoms with Crippen LogP contribution in [-0.2, 0) is 0 Å².